The van der Waals surface area contributed by atoms with Gasteiger partial charge in [-0.15, -0.1) is 0 Å². The molecule has 0 aromatic carbocycles. The number of ether oxygens (including phenoxy) is 3. The summed E-state index contributed by atoms with van der Waals surface area (Å²) in [5, 5.41) is 0. The monoisotopic (exact) mass is 873 g/mol. The number of hydrogen-bond acceptors (Lipinski definition) is 6. The molecule has 0 aliphatic rings. The molecule has 6 nitrogen and oxygen atoms in total. The van der Waals surface area contributed by atoms with Gasteiger partial charge >= 0.3 is 17.9 Å². The second-order valence-electron chi connectivity index (χ2n) is 16.3. The van der Waals surface area contributed by atoms with Gasteiger partial charge in [0.1, 0.15) is 13.2 Å². The Morgan fingerprint density at radius 3 is 1.06 bits per heavy atom. The normalized spacial score (nSPS) is 13.0. The van der Waals surface area contributed by atoms with E-state index in [4.69, 9.17) is 14.2 Å². The van der Waals surface area contributed by atoms with Crippen LogP contribution in [0, 0.1) is 0 Å². The molecule has 0 aromatic heterocycles. The van der Waals surface area contributed by atoms with E-state index in [1.807, 2.05) is 0 Å². The fraction of sp³-hybridized carbons (Fsp3) is 0.632. The molecule has 0 radical (unpaired) electrons. The number of carbonyl (C=O) groups is 3. The summed E-state index contributed by atoms with van der Waals surface area (Å²) in [6, 6.07) is 0. The summed E-state index contributed by atoms with van der Waals surface area (Å²) in [7, 11) is 0. The Bertz CT molecular complexity index is 1330. The quantitative estimate of drug-likeness (QED) is 0.0199. The van der Waals surface area contributed by atoms with Gasteiger partial charge < -0.3 is 14.2 Å². The molecular weight excluding hydrogens is 781 g/mol. The van der Waals surface area contributed by atoms with Crippen LogP contribution in [0.2, 0.25) is 0 Å². The number of unbranched alkanes of at least 4 members (excludes halogenated alkanes) is 17. The van der Waals surface area contributed by atoms with Gasteiger partial charge in [0.15, 0.2) is 6.10 Å². The van der Waals surface area contributed by atoms with Crippen LogP contribution in [0.25, 0.3) is 0 Å². The first-order chi connectivity index (χ1) is 31.0. The maximum absolute atomic E-state index is 12.8. The van der Waals surface area contributed by atoms with Crippen LogP contribution in [0.5, 0.6) is 0 Å². The van der Waals surface area contributed by atoms with Crippen LogP contribution in [-0.2, 0) is 28.6 Å². The molecule has 0 amide bonds. The number of rotatable bonds is 44. The van der Waals surface area contributed by atoms with Crippen molar-refractivity contribution in [2.75, 3.05) is 13.2 Å². The third kappa shape index (κ3) is 49.0. The van der Waals surface area contributed by atoms with Crippen LogP contribution in [0.15, 0.2) is 109 Å². The van der Waals surface area contributed by atoms with E-state index < -0.39 is 6.10 Å². The van der Waals surface area contributed by atoms with E-state index >= 15 is 0 Å². The fourth-order valence-corrected chi connectivity index (χ4v) is 6.59. The Morgan fingerprint density at radius 1 is 0.333 bits per heavy atom. The molecule has 0 heterocycles. The lowest BCUT2D eigenvalue weighted by atomic mass is 10.1. The highest BCUT2D eigenvalue weighted by atomic mass is 16.6. The highest BCUT2D eigenvalue weighted by Crippen LogP contribution is 2.13. The lowest BCUT2D eigenvalue weighted by Gasteiger charge is -2.18. The van der Waals surface area contributed by atoms with Gasteiger partial charge in [0.2, 0.25) is 0 Å². The van der Waals surface area contributed by atoms with Gasteiger partial charge in [-0.1, -0.05) is 201 Å². The smallest absolute Gasteiger partial charge is 0.306 e. The van der Waals surface area contributed by atoms with Crippen molar-refractivity contribution in [2.45, 2.75) is 219 Å². The minimum absolute atomic E-state index is 0.0994. The van der Waals surface area contributed by atoms with E-state index in [9.17, 15) is 14.4 Å². The molecular formula is C57H92O6. The van der Waals surface area contributed by atoms with Crippen LogP contribution in [0.1, 0.15) is 213 Å². The molecule has 356 valence electrons. The number of esters is 3. The molecule has 0 saturated heterocycles. The first kappa shape index (κ1) is 59.1. The summed E-state index contributed by atoms with van der Waals surface area (Å²) in [5.41, 5.74) is 0. The summed E-state index contributed by atoms with van der Waals surface area (Å²) >= 11 is 0. The average Bonchev–Trinajstić information content (AvgIpc) is 3.28. The van der Waals surface area contributed by atoms with Gasteiger partial charge in [0.05, 0.1) is 0 Å². The fourth-order valence-electron chi connectivity index (χ4n) is 6.59. The van der Waals surface area contributed by atoms with Crippen molar-refractivity contribution in [3.8, 4) is 0 Å². The van der Waals surface area contributed by atoms with Crippen molar-refractivity contribution in [1.82, 2.24) is 0 Å². The van der Waals surface area contributed by atoms with Crippen molar-refractivity contribution in [3.05, 3.63) is 109 Å². The zero-order valence-electron chi connectivity index (χ0n) is 40.5. The second-order valence-corrected chi connectivity index (χ2v) is 16.3. The van der Waals surface area contributed by atoms with Crippen LogP contribution in [-0.4, -0.2) is 37.2 Å². The minimum Gasteiger partial charge on any atom is -0.462 e. The number of allylic oxidation sites excluding steroid dienone is 18. The molecule has 0 fully saturated rings. The molecule has 6 heteroatoms. The summed E-state index contributed by atoms with van der Waals surface area (Å²) in [6.07, 6.45) is 67.8. The molecule has 1 atom stereocenters. The maximum Gasteiger partial charge on any atom is 0.306 e. The molecule has 63 heavy (non-hydrogen) atoms. The van der Waals surface area contributed by atoms with E-state index in [2.05, 4.69) is 130 Å². The van der Waals surface area contributed by atoms with E-state index in [1.165, 1.54) is 25.7 Å². The standard InChI is InChI=1S/C57H92O6/c1-4-7-10-13-16-19-22-25-27-29-32-35-38-41-44-47-50-56(59)62-53-54(52-61-55(58)49-46-43-40-37-34-31-24-21-18-15-12-9-6-3)63-57(60)51-48-45-42-39-36-33-30-28-26-23-20-17-14-11-8-5-2/h7-12,15-21,24-28,54H,4-6,13-14,22-23,29-53H2,1-3H3/b10-7+,11-8+,12-9+,18-15+,19-16+,20-17+,24-21+,27-25+,28-26+. The van der Waals surface area contributed by atoms with Crippen LogP contribution < -0.4 is 0 Å². The highest BCUT2D eigenvalue weighted by molar-refractivity contribution is 5.71. The predicted octanol–water partition coefficient (Wildman–Crippen LogP) is 16.8. The van der Waals surface area contributed by atoms with Gasteiger partial charge in [-0.25, -0.2) is 0 Å². The van der Waals surface area contributed by atoms with Gasteiger partial charge in [0.25, 0.3) is 0 Å². The maximum atomic E-state index is 12.8. The van der Waals surface area contributed by atoms with Gasteiger partial charge in [-0.05, 0) is 103 Å². The Kier molecular flexibility index (Phi) is 47.5. The molecule has 0 saturated carbocycles. The summed E-state index contributed by atoms with van der Waals surface area (Å²) in [4.78, 5) is 38.0. The molecule has 0 rings (SSSR count). The van der Waals surface area contributed by atoms with E-state index in [1.54, 1.807) is 0 Å². The van der Waals surface area contributed by atoms with Crippen LogP contribution in [0.3, 0.4) is 0 Å². The Morgan fingerprint density at radius 2 is 0.651 bits per heavy atom. The lowest BCUT2D eigenvalue weighted by Crippen LogP contribution is -2.30. The van der Waals surface area contributed by atoms with Crippen molar-refractivity contribution in [2.24, 2.45) is 0 Å². The SMILES string of the molecule is CC/C=C/C=C/C=C/CCCCCCCC(=O)OCC(COC(=O)CCCCCCCC/C=C/C/C=C/C/C=C/CC)OC(=O)CCCCCCCC/C=C/C/C=C/C/C=C/CC. The average molecular weight is 873 g/mol. The molecule has 0 bridgehead atoms. The molecule has 0 N–H and O–H groups in total. The number of hydrogen-bond donors (Lipinski definition) is 0. The molecule has 0 aromatic rings. The third-order valence-corrected chi connectivity index (χ3v) is 10.3. The molecule has 0 spiro atoms. The van der Waals surface area contributed by atoms with Crippen LogP contribution in [0.4, 0.5) is 0 Å². The third-order valence-electron chi connectivity index (χ3n) is 10.3. The Labute approximate surface area is 387 Å². The van der Waals surface area contributed by atoms with Gasteiger partial charge in [0, 0.05) is 19.3 Å². The Hall–Kier alpha value is -3.93. The van der Waals surface area contributed by atoms with E-state index in [0.29, 0.717) is 19.3 Å². The molecule has 1 unspecified atom stereocenters. The minimum atomic E-state index is -0.801. The first-order valence-corrected chi connectivity index (χ1v) is 25.4. The van der Waals surface area contributed by atoms with Crippen molar-refractivity contribution in [1.29, 1.82) is 0 Å². The summed E-state index contributed by atoms with van der Waals surface area (Å²) < 4.78 is 16.8. The summed E-state index contributed by atoms with van der Waals surface area (Å²) in [5.74, 6) is -0.951. The zero-order valence-corrected chi connectivity index (χ0v) is 40.5. The van der Waals surface area contributed by atoms with Crippen molar-refractivity contribution < 1.29 is 28.6 Å². The Balaban J connectivity index is 4.47. The van der Waals surface area contributed by atoms with Gasteiger partial charge in [-0.2, -0.15) is 0 Å². The summed E-state index contributed by atoms with van der Waals surface area (Å²) in [6.45, 7) is 6.23. The molecule has 0 aliphatic carbocycles. The predicted molar refractivity (Wildman–Crippen MR) is 270 cm³/mol. The van der Waals surface area contributed by atoms with Crippen LogP contribution >= 0.6 is 0 Å². The van der Waals surface area contributed by atoms with E-state index in [-0.39, 0.29) is 31.1 Å². The first-order valence-electron chi connectivity index (χ1n) is 25.4. The number of carbonyl (C=O) groups excluding carboxylic acids is 3. The van der Waals surface area contributed by atoms with E-state index in [0.717, 1.165) is 148 Å². The van der Waals surface area contributed by atoms with Crippen molar-refractivity contribution in [3.63, 3.8) is 0 Å². The van der Waals surface area contributed by atoms with Gasteiger partial charge in [-0.3, -0.25) is 14.4 Å². The lowest BCUT2D eigenvalue weighted by molar-refractivity contribution is -0.167. The zero-order chi connectivity index (χ0) is 45.8. The topological polar surface area (TPSA) is 78.9 Å². The second kappa shape index (κ2) is 50.7. The largest absolute Gasteiger partial charge is 0.462 e. The van der Waals surface area contributed by atoms with Crippen molar-refractivity contribution >= 4 is 17.9 Å². The molecule has 0 aliphatic heterocycles. The highest BCUT2D eigenvalue weighted by Gasteiger charge is 2.19.